The second kappa shape index (κ2) is 4.85. The quantitative estimate of drug-likeness (QED) is 0.857. The van der Waals surface area contributed by atoms with Gasteiger partial charge in [0.05, 0.1) is 6.20 Å². The Labute approximate surface area is 101 Å². The number of rotatable bonds is 2. The third kappa shape index (κ3) is 2.65. The van der Waals surface area contributed by atoms with Crippen molar-refractivity contribution in [2.75, 3.05) is 30.4 Å². The summed E-state index contributed by atoms with van der Waals surface area (Å²) in [5.41, 5.74) is 0. The Morgan fingerprint density at radius 3 is 2.59 bits per heavy atom. The van der Waals surface area contributed by atoms with E-state index in [1.165, 1.54) is 12.6 Å². The molecule has 2 unspecified atom stereocenters. The minimum atomic E-state index is -0.408. The molecule has 0 aromatic carbocycles. The maximum Gasteiger partial charge on any atom is 0.227 e. The predicted molar refractivity (Wildman–Crippen MR) is 66.7 cm³/mol. The smallest absolute Gasteiger partial charge is 0.227 e. The summed E-state index contributed by atoms with van der Waals surface area (Å²) in [5, 5.41) is 2.74. The van der Waals surface area contributed by atoms with E-state index in [1.807, 2.05) is 0 Å². The lowest BCUT2D eigenvalue weighted by molar-refractivity contribution is 0.353. The van der Waals surface area contributed by atoms with Crippen LogP contribution in [0.1, 0.15) is 20.3 Å². The fourth-order valence-electron chi connectivity index (χ4n) is 2.51. The lowest BCUT2D eigenvalue weighted by atomic mass is 9.92. The number of nitrogens with one attached hydrogen (secondary N) is 1. The van der Waals surface area contributed by atoms with Crippen LogP contribution in [0.5, 0.6) is 0 Å². The molecular formula is C12H19FN4. The van der Waals surface area contributed by atoms with E-state index < -0.39 is 5.82 Å². The topological polar surface area (TPSA) is 41.1 Å². The average molecular weight is 238 g/mol. The van der Waals surface area contributed by atoms with Crippen molar-refractivity contribution in [2.45, 2.75) is 20.3 Å². The summed E-state index contributed by atoms with van der Waals surface area (Å²) in [7, 11) is 1.66. The number of halogens is 1. The van der Waals surface area contributed by atoms with Crippen molar-refractivity contribution in [2.24, 2.45) is 11.8 Å². The van der Waals surface area contributed by atoms with Crippen LogP contribution in [0, 0.1) is 17.7 Å². The highest BCUT2D eigenvalue weighted by atomic mass is 19.1. The second-order valence-corrected chi connectivity index (χ2v) is 4.97. The highest BCUT2D eigenvalue weighted by Crippen LogP contribution is 2.24. The van der Waals surface area contributed by atoms with Crippen molar-refractivity contribution in [1.82, 2.24) is 9.97 Å². The predicted octanol–water partition coefficient (Wildman–Crippen LogP) is 2.14. The molecule has 1 aromatic rings. The van der Waals surface area contributed by atoms with Crippen LogP contribution in [-0.2, 0) is 0 Å². The molecule has 1 aliphatic rings. The first-order chi connectivity index (χ1) is 8.10. The lowest BCUT2D eigenvalue weighted by Gasteiger charge is -2.35. The van der Waals surface area contributed by atoms with Gasteiger partial charge in [0.25, 0.3) is 0 Å². The molecule has 1 fully saturated rings. The minimum absolute atomic E-state index is 0.265. The van der Waals surface area contributed by atoms with Crippen LogP contribution in [0.3, 0.4) is 0 Å². The Balaban J connectivity index is 2.21. The summed E-state index contributed by atoms with van der Waals surface area (Å²) in [6.07, 6.45) is 2.47. The molecule has 1 aliphatic heterocycles. The fraction of sp³-hybridized carbons (Fsp3) is 0.667. The van der Waals surface area contributed by atoms with Crippen LogP contribution < -0.4 is 10.2 Å². The van der Waals surface area contributed by atoms with E-state index in [2.05, 4.69) is 34.0 Å². The molecule has 2 rings (SSSR count). The van der Waals surface area contributed by atoms with Gasteiger partial charge < -0.3 is 10.2 Å². The summed E-state index contributed by atoms with van der Waals surface area (Å²) in [6.45, 7) is 6.34. The van der Waals surface area contributed by atoms with E-state index in [0.29, 0.717) is 17.8 Å². The molecule has 17 heavy (non-hydrogen) atoms. The average Bonchev–Trinajstić information content (AvgIpc) is 2.28. The molecule has 5 heteroatoms. The molecule has 0 spiro atoms. The van der Waals surface area contributed by atoms with Gasteiger partial charge in [0, 0.05) is 20.1 Å². The number of hydrogen-bond donors (Lipinski definition) is 1. The number of aromatic nitrogens is 2. The Hall–Kier alpha value is -1.39. The molecule has 0 bridgehead atoms. The third-order valence-corrected chi connectivity index (χ3v) is 3.12. The maximum atomic E-state index is 13.3. The number of anilines is 2. The summed E-state index contributed by atoms with van der Waals surface area (Å²) >= 11 is 0. The summed E-state index contributed by atoms with van der Waals surface area (Å²) in [6, 6.07) is 0. The number of hydrogen-bond acceptors (Lipinski definition) is 4. The Morgan fingerprint density at radius 1 is 1.35 bits per heavy atom. The zero-order valence-corrected chi connectivity index (χ0v) is 10.6. The molecule has 0 amide bonds. The van der Waals surface area contributed by atoms with Gasteiger partial charge in [-0.05, 0) is 18.3 Å². The van der Waals surface area contributed by atoms with Crippen LogP contribution in [0.25, 0.3) is 0 Å². The Morgan fingerprint density at radius 2 is 2.00 bits per heavy atom. The first-order valence-electron chi connectivity index (χ1n) is 6.05. The summed E-state index contributed by atoms with van der Waals surface area (Å²) in [4.78, 5) is 10.4. The van der Waals surface area contributed by atoms with E-state index in [0.717, 1.165) is 13.1 Å². The van der Waals surface area contributed by atoms with Gasteiger partial charge in [0.15, 0.2) is 11.6 Å². The van der Waals surface area contributed by atoms with Gasteiger partial charge in [-0.25, -0.2) is 9.37 Å². The molecule has 94 valence electrons. The second-order valence-electron chi connectivity index (χ2n) is 4.97. The van der Waals surface area contributed by atoms with Crippen LogP contribution >= 0.6 is 0 Å². The Bertz CT molecular complexity index is 386. The molecule has 1 saturated heterocycles. The van der Waals surface area contributed by atoms with Gasteiger partial charge >= 0.3 is 0 Å². The van der Waals surface area contributed by atoms with Crippen molar-refractivity contribution in [3.05, 3.63) is 12.0 Å². The number of piperidine rings is 1. The van der Waals surface area contributed by atoms with E-state index in [4.69, 9.17) is 0 Å². The van der Waals surface area contributed by atoms with Crippen molar-refractivity contribution < 1.29 is 4.39 Å². The molecule has 1 aromatic heterocycles. The van der Waals surface area contributed by atoms with Crippen molar-refractivity contribution in [3.63, 3.8) is 0 Å². The fourth-order valence-corrected chi connectivity index (χ4v) is 2.51. The van der Waals surface area contributed by atoms with Gasteiger partial charge in [0.1, 0.15) is 0 Å². The maximum absolute atomic E-state index is 13.3. The van der Waals surface area contributed by atoms with Crippen LogP contribution in [0.4, 0.5) is 16.2 Å². The first-order valence-corrected chi connectivity index (χ1v) is 6.05. The summed E-state index contributed by atoms with van der Waals surface area (Å²) in [5.74, 6) is 1.74. The Kier molecular flexibility index (Phi) is 3.45. The molecule has 0 aliphatic carbocycles. The molecular weight excluding hydrogens is 219 g/mol. The minimum Gasteiger partial charge on any atom is -0.371 e. The van der Waals surface area contributed by atoms with Gasteiger partial charge in [-0.3, -0.25) is 0 Å². The zero-order chi connectivity index (χ0) is 12.4. The molecule has 0 radical (unpaired) electrons. The third-order valence-electron chi connectivity index (χ3n) is 3.12. The molecule has 2 heterocycles. The zero-order valence-electron chi connectivity index (χ0n) is 10.6. The molecule has 1 N–H and O–H groups in total. The van der Waals surface area contributed by atoms with Crippen LogP contribution in [-0.4, -0.2) is 30.1 Å². The van der Waals surface area contributed by atoms with Crippen LogP contribution in [0.2, 0.25) is 0 Å². The van der Waals surface area contributed by atoms with E-state index in [-0.39, 0.29) is 5.82 Å². The van der Waals surface area contributed by atoms with Crippen molar-refractivity contribution in [3.8, 4) is 0 Å². The van der Waals surface area contributed by atoms with Gasteiger partial charge in [-0.1, -0.05) is 13.8 Å². The number of nitrogens with zero attached hydrogens (tertiary/aromatic N) is 3. The highest BCUT2D eigenvalue weighted by molar-refractivity contribution is 5.42. The van der Waals surface area contributed by atoms with Gasteiger partial charge in [-0.15, -0.1) is 0 Å². The summed E-state index contributed by atoms with van der Waals surface area (Å²) < 4.78 is 13.3. The standard InChI is InChI=1S/C12H19FN4/c1-8-4-9(2)7-17(6-8)12-15-5-10(13)11(14-3)16-12/h5,8-9H,4,6-7H2,1-3H3,(H,14,15,16). The molecule has 4 nitrogen and oxygen atoms in total. The monoisotopic (exact) mass is 238 g/mol. The first kappa shape index (κ1) is 12.1. The van der Waals surface area contributed by atoms with E-state index >= 15 is 0 Å². The highest BCUT2D eigenvalue weighted by Gasteiger charge is 2.24. The van der Waals surface area contributed by atoms with Crippen molar-refractivity contribution >= 4 is 11.8 Å². The molecule has 0 saturated carbocycles. The SMILES string of the molecule is CNc1nc(N2CC(C)CC(C)C2)ncc1F. The van der Waals surface area contributed by atoms with E-state index in [9.17, 15) is 4.39 Å². The van der Waals surface area contributed by atoms with E-state index in [1.54, 1.807) is 7.05 Å². The van der Waals surface area contributed by atoms with Gasteiger partial charge in [-0.2, -0.15) is 4.98 Å². The normalized spacial score (nSPS) is 24.8. The largest absolute Gasteiger partial charge is 0.371 e. The van der Waals surface area contributed by atoms with Crippen LogP contribution in [0.15, 0.2) is 6.20 Å². The van der Waals surface area contributed by atoms with Gasteiger partial charge in [0.2, 0.25) is 5.95 Å². The lowest BCUT2D eigenvalue weighted by Crippen LogP contribution is -2.39. The molecule has 2 atom stereocenters. The van der Waals surface area contributed by atoms with Crippen molar-refractivity contribution in [1.29, 1.82) is 0 Å².